The van der Waals surface area contributed by atoms with E-state index in [0.717, 1.165) is 11.1 Å². The van der Waals surface area contributed by atoms with Gasteiger partial charge in [-0.15, -0.1) is 0 Å². The van der Waals surface area contributed by atoms with Crippen molar-refractivity contribution < 1.29 is 22.5 Å². The number of hydrogen-bond donors (Lipinski definition) is 2. The highest BCUT2D eigenvalue weighted by Crippen LogP contribution is 2.19. The third-order valence-corrected chi connectivity index (χ3v) is 5.16. The van der Waals surface area contributed by atoms with Crippen LogP contribution in [-0.2, 0) is 21.5 Å². The molecule has 0 aromatic heterocycles. The second kappa shape index (κ2) is 8.33. The molecule has 0 aliphatic rings. The Morgan fingerprint density at radius 3 is 2.15 bits per heavy atom. The quantitative estimate of drug-likeness (QED) is 0.687. The Labute approximate surface area is 153 Å². The Hall–Kier alpha value is -2.38. The predicted octanol–water partition coefficient (Wildman–Crippen LogP) is 2.96. The van der Waals surface area contributed by atoms with Crippen LogP contribution in [0, 0.1) is 12.8 Å². The van der Waals surface area contributed by atoms with Crippen LogP contribution in [0.25, 0.3) is 0 Å². The van der Waals surface area contributed by atoms with Gasteiger partial charge >= 0.3 is 16.1 Å². The lowest BCUT2D eigenvalue weighted by atomic mass is 10.0. The van der Waals surface area contributed by atoms with E-state index in [9.17, 15) is 13.2 Å². The number of hydrogen-bond acceptors (Lipinski definition) is 5. The Bertz CT molecular complexity index is 843. The molecular formula is C19H23NO5S. The first-order valence-electron chi connectivity index (χ1n) is 8.25. The first kappa shape index (κ1) is 19.9. The van der Waals surface area contributed by atoms with Crippen molar-refractivity contribution in [3.63, 3.8) is 0 Å². The van der Waals surface area contributed by atoms with Gasteiger partial charge in [0.2, 0.25) is 0 Å². The molecule has 0 unspecified atom stereocenters. The summed E-state index contributed by atoms with van der Waals surface area (Å²) in [6, 6.07) is 12.3. The molecule has 0 saturated carbocycles. The van der Waals surface area contributed by atoms with Crippen LogP contribution < -0.4 is 9.50 Å². The van der Waals surface area contributed by atoms with Crippen LogP contribution in [0.15, 0.2) is 53.4 Å². The standard InChI is InChI=1S/C19H23NO5S/c1-13(2)18(19(21)22)20-12-15-6-8-16(9-7-15)25-26(23,24)17-10-4-14(3)5-11-17/h4-11,13,18,20H,12H2,1-3H3,(H,21,22)/t18-/m0/s1. The minimum absolute atomic E-state index is 0.0465. The number of nitrogens with one attached hydrogen (secondary N) is 1. The normalized spacial score (nSPS) is 12.8. The first-order valence-corrected chi connectivity index (χ1v) is 9.66. The van der Waals surface area contributed by atoms with Crippen LogP contribution >= 0.6 is 0 Å². The van der Waals surface area contributed by atoms with Crippen LogP contribution in [0.5, 0.6) is 5.75 Å². The molecule has 1 atom stereocenters. The third-order valence-electron chi connectivity index (χ3n) is 3.90. The van der Waals surface area contributed by atoms with E-state index in [2.05, 4.69) is 5.32 Å². The number of aryl methyl sites for hydroxylation is 1. The summed E-state index contributed by atoms with van der Waals surface area (Å²) in [4.78, 5) is 11.3. The van der Waals surface area contributed by atoms with Gasteiger partial charge in [0.05, 0.1) is 0 Å². The summed E-state index contributed by atoms with van der Waals surface area (Å²) in [5.41, 5.74) is 1.79. The van der Waals surface area contributed by atoms with Crippen molar-refractivity contribution in [2.24, 2.45) is 5.92 Å². The summed E-state index contributed by atoms with van der Waals surface area (Å²) in [6.07, 6.45) is 0. The number of carboxylic acids is 1. The lowest BCUT2D eigenvalue weighted by Crippen LogP contribution is -2.40. The van der Waals surface area contributed by atoms with Gasteiger partial charge in [0.1, 0.15) is 16.7 Å². The second-order valence-corrected chi connectivity index (χ2v) is 7.98. The van der Waals surface area contributed by atoms with E-state index in [4.69, 9.17) is 9.29 Å². The molecule has 0 spiro atoms. The molecule has 0 bridgehead atoms. The highest BCUT2D eigenvalue weighted by Gasteiger charge is 2.20. The van der Waals surface area contributed by atoms with Gasteiger partial charge in [0, 0.05) is 6.54 Å². The van der Waals surface area contributed by atoms with Gasteiger partial charge in [-0.3, -0.25) is 4.79 Å². The molecule has 140 valence electrons. The molecule has 6 nitrogen and oxygen atoms in total. The van der Waals surface area contributed by atoms with Gasteiger partial charge in [0.15, 0.2) is 0 Å². The van der Waals surface area contributed by atoms with Gasteiger partial charge < -0.3 is 14.6 Å². The van der Waals surface area contributed by atoms with Crippen LogP contribution in [-0.4, -0.2) is 25.5 Å². The maximum atomic E-state index is 12.3. The number of rotatable bonds is 8. The van der Waals surface area contributed by atoms with E-state index in [-0.39, 0.29) is 16.6 Å². The van der Waals surface area contributed by atoms with Crippen molar-refractivity contribution in [2.45, 2.75) is 38.3 Å². The maximum Gasteiger partial charge on any atom is 0.339 e. The van der Waals surface area contributed by atoms with Crippen molar-refractivity contribution in [1.29, 1.82) is 0 Å². The molecule has 0 aliphatic heterocycles. The molecule has 0 radical (unpaired) electrons. The summed E-state index contributed by atoms with van der Waals surface area (Å²) in [5.74, 6) is -0.744. The highest BCUT2D eigenvalue weighted by atomic mass is 32.2. The summed E-state index contributed by atoms with van der Waals surface area (Å²) in [5, 5.41) is 12.1. The molecule has 2 aromatic rings. The topological polar surface area (TPSA) is 92.7 Å². The van der Waals surface area contributed by atoms with Crippen molar-refractivity contribution in [1.82, 2.24) is 5.32 Å². The van der Waals surface area contributed by atoms with Crippen LogP contribution in [0.2, 0.25) is 0 Å². The molecule has 26 heavy (non-hydrogen) atoms. The summed E-state index contributed by atoms with van der Waals surface area (Å²) in [7, 11) is -3.88. The number of carbonyl (C=O) groups is 1. The van der Waals surface area contributed by atoms with Crippen molar-refractivity contribution in [3.8, 4) is 5.75 Å². The van der Waals surface area contributed by atoms with Crippen LogP contribution in [0.1, 0.15) is 25.0 Å². The zero-order valence-electron chi connectivity index (χ0n) is 15.0. The third kappa shape index (κ3) is 5.31. The minimum Gasteiger partial charge on any atom is -0.480 e. The molecule has 2 aromatic carbocycles. The number of carboxylic acid groups (broad SMARTS) is 1. The van der Waals surface area contributed by atoms with Crippen LogP contribution in [0.4, 0.5) is 0 Å². The van der Waals surface area contributed by atoms with Gasteiger partial charge in [0.25, 0.3) is 0 Å². The van der Waals surface area contributed by atoms with E-state index in [1.54, 1.807) is 36.4 Å². The average Bonchev–Trinajstić information content (AvgIpc) is 2.56. The second-order valence-electron chi connectivity index (χ2n) is 6.44. The molecule has 0 aliphatic carbocycles. The van der Waals surface area contributed by atoms with Gasteiger partial charge in [-0.05, 0) is 42.7 Å². The molecule has 2 rings (SSSR count). The zero-order chi connectivity index (χ0) is 19.3. The first-order chi connectivity index (χ1) is 12.2. The summed E-state index contributed by atoms with van der Waals surface area (Å²) in [6.45, 7) is 5.90. The molecule has 0 saturated heterocycles. The van der Waals surface area contributed by atoms with E-state index >= 15 is 0 Å². The molecule has 7 heteroatoms. The smallest absolute Gasteiger partial charge is 0.339 e. The van der Waals surface area contributed by atoms with E-state index in [1.807, 2.05) is 20.8 Å². The molecule has 2 N–H and O–H groups in total. The fraction of sp³-hybridized carbons (Fsp3) is 0.316. The van der Waals surface area contributed by atoms with Gasteiger partial charge in [-0.25, -0.2) is 0 Å². The van der Waals surface area contributed by atoms with Gasteiger partial charge in [-0.2, -0.15) is 8.42 Å². The molecular weight excluding hydrogens is 354 g/mol. The Morgan fingerprint density at radius 2 is 1.65 bits per heavy atom. The number of benzene rings is 2. The van der Waals surface area contributed by atoms with E-state index in [1.165, 1.54) is 12.1 Å². The monoisotopic (exact) mass is 377 g/mol. The fourth-order valence-corrected chi connectivity index (χ4v) is 3.31. The van der Waals surface area contributed by atoms with E-state index in [0.29, 0.717) is 6.54 Å². The SMILES string of the molecule is Cc1ccc(S(=O)(=O)Oc2ccc(CN[C@H](C(=O)O)C(C)C)cc2)cc1. The Kier molecular flexibility index (Phi) is 6.39. The molecule has 0 fully saturated rings. The summed E-state index contributed by atoms with van der Waals surface area (Å²) < 4.78 is 29.7. The Balaban J connectivity index is 2.03. The maximum absolute atomic E-state index is 12.3. The van der Waals surface area contributed by atoms with Crippen molar-refractivity contribution in [3.05, 3.63) is 59.7 Å². The van der Waals surface area contributed by atoms with Crippen molar-refractivity contribution >= 4 is 16.1 Å². The van der Waals surface area contributed by atoms with Crippen molar-refractivity contribution in [2.75, 3.05) is 0 Å². The lowest BCUT2D eigenvalue weighted by molar-refractivity contribution is -0.140. The molecule has 0 heterocycles. The van der Waals surface area contributed by atoms with Gasteiger partial charge in [-0.1, -0.05) is 43.7 Å². The lowest BCUT2D eigenvalue weighted by Gasteiger charge is -2.18. The molecule has 0 amide bonds. The Morgan fingerprint density at radius 1 is 1.08 bits per heavy atom. The van der Waals surface area contributed by atoms with E-state index < -0.39 is 22.1 Å². The highest BCUT2D eigenvalue weighted by molar-refractivity contribution is 7.87. The average molecular weight is 377 g/mol. The number of aliphatic carboxylic acids is 1. The van der Waals surface area contributed by atoms with Crippen LogP contribution in [0.3, 0.4) is 0 Å². The predicted molar refractivity (Wildman–Crippen MR) is 98.5 cm³/mol. The summed E-state index contributed by atoms with van der Waals surface area (Å²) >= 11 is 0. The zero-order valence-corrected chi connectivity index (χ0v) is 15.8. The fourth-order valence-electron chi connectivity index (χ4n) is 2.38. The minimum atomic E-state index is -3.88. The largest absolute Gasteiger partial charge is 0.480 e.